The van der Waals surface area contributed by atoms with Gasteiger partial charge in [0, 0.05) is 0 Å². The van der Waals surface area contributed by atoms with Crippen LogP contribution in [0, 0.1) is 0 Å². The quantitative estimate of drug-likeness (QED) is 0.613. The van der Waals surface area contributed by atoms with Gasteiger partial charge < -0.3 is 0 Å². The molecule has 2 unspecified atom stereocenters. The maximum absolute atomic E-state index is 2.85. The molecule has 0 aromatic carbocycles. The topological polar surface area (TPSA) is 0 Å². The van der Waals surface area contributed by atoms with E-state index in [4.69, 9.17) is 0 Å². The van der Waals surface area contributed by atoms with E-state index < -0.39 is 0 Å². The molecule has 8 heavy (non-hydrogen) atoms. The molecule has 0 aromatic rings. The van der Waals surface area contributed by atoms with Crippen LogP contribution in [0.15, 0.2) is 0 Å². The van der Waals surface area contributed by atoms with Crippen LogP contribution in [0.3, 0.4) is 0 Å². The molecule has 0 rings (SSSR count). The Morgan fingerprint density at radius 2 is 1.88 bits per heavy atom. The van der Waals surface area contributed by atoms with E-state index in [-0.39, 0.29) is 17.0 Å². The van der Waals surface area contributed by atoms with Crippen molar-refractivity contribution in [2.75, 3.05) is 0 Å². The van der Waals surface area contributed by atoms with Gasteiger partial charge in [0.2, 0.25) is 0 Å². The Morgan fingerprint density at radius 1 is 1.38 bits per heavy atom. The summed E-state index contributed by atoms with van der Waals surface area (Å²) in [6, 6.07) is 0. The fourth-order valence-corrected chi connectivity index (χ4v) is 0.908. The predicted molar refractivity (Wildman–Crippen MR) is 49.0 cm³/mol. The molecule has 0 bridgehead atoms. The lowest BCUT2D eigenvalue weighted by Gasteiger charge is -2.02. The third-order valence-corrected chi connectivity index (χ3v) is 1.99. The largest absolute Gasteiger partial charge is 0.134 e. The number of rotatable bonds is 3. The second kappa shape index (κ2) is 7.91. The molecule has 0 saturated heterocycles. The Hall–Kier alpha value is 0.910. The van der Waals surface area contributed by atoms with Crippen molar-refractivity contribution in [3.05, 3.63) is 0 Å². The number of halogens is 1. The molecule has 0 aliphatic carbocycles. The summed E-state index contributed by atoms with van der Waals surface area (Å²) in [4.78, 5) is 0. The van der Waals surface area contributed by atoms with Gasteiger partial charge in [-0.1, -0.05) is 20.3 Å². The predicted octanol–water partition coefficient (Wildman–Crippen LogP) is 3.02. The Balaban J connectivity index is 0. The minimum absolute atomic E-state index is 0. The molecule has 0 aliphatic rings. The van der Waals surface area contributed by atoms with Gasteiger partial charge in [0.25, 0.3) is 0 Å². The van der Waals surface area contributed by atoms with Crippen molar-refractivity contribution in [3.8, 4) is 0 Å². The lowest BCUT2D eigenvalue weighted by molar-refractivity contribution is 0.720. The Labute approximate surface area is 65.4 Å². The Bertz CT molecular complexity index is 39.5. The van der Waals surface area contributed by atoms with E-state index in [9.17, 15) is 0 Å². The van der Waals surface area contributed by atoms with Crippen molar-refractivity contribution in [1.29, 1.82) is 0 Å². The SMILES string of the molecule is Br.CCCC(P)CC. The van der Waals surface area contributed by atoms with Gasteiger partial charge in [-0.3, -0.25) is 0 Å². The van der Waals surface area contributed by atoms with Crippen LogP contribution >= 0.6 is 26.2 Å². The highest BCUT2D eigenvalue weighted by Gasteiger charge is 1.92. The lowest BCUT2D eigenvalue weighted by atomic mass is 10.2. The molecule has 52 valence electrons. The van der Waals surface area contributed by atoms with E-state index in [2.05, 4.69) is 23.1 Å². The van der Waals surface area contributed by atoms with Gasteiger partial charge in [-0.05, 0) is 18.5 Å². The zero-order valence-electron chi connectivity index (χ0n) is 5.68. The smallest absolute Gasteiger partial charge is 0.0267 e. The normalized spacial score (nSPS) is 12.4. The van der Waals surface area contributed by atoms with Gasteiger partial charge in [-0.2, -0.15) is 0 Å². The molecular weight excluding hydrogens is 183 g/mol. The molecule has 0 aliphatic heterocycles. The van der Waals surface area contributed by atoms with E-state index in [0.29, 0.717) is 0 Å². The minimum Gasteiger partial charge on any atom is -0.134 e. The van der Waals surface area contributed by atoms with Crippen molar-refractivity contribution >= 4 is 26.2 Å². The fourth-order valence-electron chi connectivity index (χ4n) is 0.575. The second-order valence-electron chi connectivity index (χ2n) is 1.96. The van der Waals surface area contributed by atoms with Gasteiger partial charge in [0.05, 0.1) is 0 Å². The summed E-state index contributed by atoms with van der Waals surface area (Å²) in [5.74, 6) is 0. The second-order valence-corrected chi connectivity index (χ2v) is 2.90. The molecule has 0 amide bonds. The highest BCUT2D eigenvalue weighted by Crippen LogP contribution is 2.10. The summed E-state index contributed by atoms with van der Waals surface area (Å²) in [5, 5.41) is 0. The highest BCUT2D eigenvalue weighted by atomic mass is 79.9. The van der Waals surface area contributed by atoms with Crippen molar-refractivity contribution in [3.63, 3.8) is 0 Å². The highest BCUT2D eigenvalue weighted by molar-refractivity contribution is 8.93. The van der Waals surface area contributed by atoms with Crippen LogP contribution < -0.4 is 0 Å². The molecule has 0 N–H and O–H groups in total. The van der Waals surface area contributed by atoms with Crippen LogP contribution in [0.5, 0.6) is 0 Å². The van der Waals surface area contributed by atoms with Crippen LogP contribution in [0.25, 0.3) is 0 Å². The summed E-state index contributed by atoms with van der Waals surface area (Å²) in [7, 11) is 2.85. The summed E-state index contributed by atoms with van der Waals surface area (Å²) in [6.45, 7) is 4.46. The summed E-state index contributed by atoms with van der Waals surface area (Å²) < 4.78 is 0. The molecule has 0 heterocycles. The van der Waals surface area contributed by atoms with Crippen LogP contribution in [-0.2, 0) is 0 Å². The molecule has 0 spiro atoms. The average molecular weight is 199 g/mol. The van der Waals surface area contributed by atoms with E-state index in [0.717, 1.165) is 5.66 Å². The van der Waals surface area contributed by atoms with Crippen molar-refractivity contribution in [1.82, 2.24) is 0 Å². The van der Waals surface area contributed by atoms with E-state index in [1.807, 2.05) is 0 Å². The maximum Gasteiger partial charge on any atom is -0.0267 e. The standard InChI is InChI=1S/C6H15P.BrH/c1-3-5-6(7)4-2;/h6H,3-5,7H2,1-2H3;1H. The molecule has 0 fully saturated rings. The van der Waals surface area contributed by atoms with Gasteiger partial charge >= 0.3 is 0 Å². The summed E-state index contributed by atoms with van der Waals surface area (Å²) in [5.41, 5.74) is 0.866. The Morgan fingerprint density at radius 3 is 2.00 bits per heavy atom. The Kier molecular flexibility index (Phi) is 11.5. The first-order valence-corrected chi connectivity index (χ1v) is 3.73. The number of hydrogen-bond acceptors (Lipinski definition) is 0. The van der Waals surface area contributed by atoms with Gasteiger partial charge in [0.15, 0.2) is 0 Å². The van der Waals surface area contributed by atoms with Crippen molar-refractivity contribution in [2.45, 2.75) is 38.8 Å². The van der Waals surface area contributed by atoms with Gasteiger partial charge in [-0.25, -0.2) is 0 Å². The molecular formula is C6H16BrP. The zero-order valence-corrected chi connectivity index (χ0v) is 8.55. The van der Waals surface area contributed by atoms with Crippen LogP contribution in [-0.4, -0.2) is 5.66 Å². The van der Waals surface area contributed by atoms with Gasteiger partial charge in [-0.15, -0.1) is 26.2 Å². The van der Waals surface area contributed by atoms with E-state index >= 15 is 0 Å². The maximum atomic E-state index is 2.85. The first-order valence-electron chi connectivity index (χ1n) is 3.06. The molecule has 0 radical (unpaired) electrons. The van der Waals surface area contributed by atoms with E-state index in [1.54, 1.807) is 0 Å². The van der Waals surface area contributed by atoms with Crippen molar-refractivity contribution < 1.29 is 0 Å². The molecule has 0 nitrogen and oxygen atoms in total. The monoisotopic (exact) mass is 198 g/mol. The lowest BCUT2D eigenvalue weighted by Crippen LogP contribution is -1.91. The number of hydrogen-bond donors (Lipinski definition) is 0. The van der Waals surface area contributed by atoms with Crippen LogP contribution in [0.4, 0.5) is 0 Å². The molecule has 2 heteroatoms. The van der Waals surface area contributed by atoms with Crippen LogP contribution in [0.2, 0.25) is 0 Å². The van der Waals surface area contributed by atoms with Crippen molar-refractivity contribution in [2.24, 2.45) is 0 Å². The fraction of sp³-hybridized carbons (Fsp3) is 1.00. The van der Waals surface area contributed by atoms with Gasteiger partial charge in [0.1, 0.15) is 0 Å². The summed E-state index contributed by atoms with van der Waals surface area (Å²) >= 11 is 0. The first-order chi connectivity index (χ1) is 3.31. The summed E-state index contributed by atoms with van der Waals surface area (Å²) in [6.07, 6.45) is 3.99. The third-order valence-electron chi connectivity index (χ3n) is 1.18. The zero-order chi connectivity index (χ0) is 5.70. The molecule has 0 saturated carbocycles. The average Bonchev–Trinajstić information content (AvgIpc) is 1.68. The molecule has 2 atom stereocenters. The first kappa shape index (κ1) is 11.7. The minimum atomic E-state index is 0. The van der Waals surface area contributed by atoms with E-state index in [1.165, 1.54) is 19.3 Å². The molecule has 0 aromatic heterocycles. The third kappa shape index (κ3) is 6.91. The van der Waals surface area contributed by atoms with Crippen LogP contribution in [0.1, 0.15) is 33.1 Å².